The molecule has 0 aliphatic carbocycles. The highest BCUT2D eigenvalue weighted by Gasteiger charge is 1.93. The van der Waals surface area contributed by atoms with Crippen molar-refractivity contribution >= 4 is 25.3 Å². The van der Waals surface area contributed by atoms with Crippen LogP contribution in [0.15, 0.2) is 28.0 Å². The average molecular weight is 170 g/mol. The van der Waals surface area contributed by atoms with Crippen LogP contribution >= 0.6 is 25.3 Å². The molecule has 0 radical (unpaired) electrons. The number of thiol groups is 2. The summed E-state index contributed by atoms with van der Waals surface area (Å²) >= 11 is 8.45. The van der Waals surface area contributed by atoms with Crippen LogP contribution in [0, 0.1) is 0 Å². The zero-order chi connectivity index (χ0) is 7.56. The van der Waals surface area contributed by atoms with Crippen LogP contribution in [0.1, 0.15) is 12.5 Å². The van der Waals surface area contributed by atoms with Crippen molar-refractivity contribution in [3.05, 3.63) is 23.8 Å². The fraction of sp³-hybridized carbons (Fsp3) is 0.250. The van der Waals surface area contributed by atoms with Gasteiger partial charge in [0.1, 0.15) is 0 Å². The minimum Gasteiger partial charge on any atom is -0.142 e. The third-order valence-corrected chi connectivity index (χ3v) is 2.38. The van der Waals surface area contributed by atoms with Crippen molar-refractivity contribution < 1.29 is 0 Å². The molecule has 0 nitrogen and oxygen atoms in total. The first-order chi connectivity index (χ1) is 4.74. The zero-order valence-electron chi connectivity index (χ0n) is 5.83. The number of hydrogen-bond donors (Lipinski definition) is 2. The first-order valence-electron chi connectivity index (χ1n) is 3.25. The number of rotatable bonds is 1. The molecule has 0 fully saturated rings. The maximum Gasteiger partial charge on any atom is 0.0176 e. The molecule has 0 aliphatic heterocycles. The summed E-state index contributed by atoms with van der Waals surface area (Å²) in [7, 11) is 0. The van der Waals surface area contributed by atoms with Crippen molar-refractivity contribution in [1.29, 1.82) is 0 Å². The lowest BCUT2D eigenvalue weighted by Gasteiger charge is -1.99. The first-order valence-corrected chi connectivity index (χ1v) is 4.14. The number of hydrogen-bond acceptors (Lipinski definition) is 2. The summed E-state index contributed by atoms with van der Waals surface area (Å²) in [4.78, 5) is 1.91. The van der Waals surface area contributed by atoms with Gasteiger partial charge in [0.15, 0.2) is 0 Å². The first kappa shape index (κ1) is 8.02. The van der Waals surface area contributed by atoms with Gasteiger partial charge in [-0.1, -0.05) is 13.0 Å². The van der Waals surface area contributed by atoms with Crippen molar-refractivity contribution in [1.82, 2.24) is 0 Å². The molecule has 0 bridgehead atoms. The molecule has 0 aliphatic rings. The largest absolute Gasteiger partial charge is 0.142 e. The molecule has 0 saturated heterocycles. The summed E-state index contributed by atoms with van der Waals surface area (Å²) in [6.45, 7) is 2.13. The molecular weight excluding hydrogens is 160 g/mol. The molecular formula is C8H10S2. The topological polar surface area (TPSA) is 0 Å². The van der Waals surface area contributed by atoms with Gasteiger partial charge in [0.05, 0.1) is 0 Å². The van der Waals surface area contributed by atoms with Crippen LogP contribution in [-0.4, -0.2) is 0 Å². The maximum absolute atomic E-state index is 4.25. The van der Waals surface area contributed by atoms with Gasteiger partial charge < -0.3 is 0 Å². The molecule has 10 heavy (non-hydrogen) atoms. The van der Waals surface area contributed by atoms with E-state index in [0.717, 1.165) is 16.2 Å². The van der Waals surface area contributed by atoms with E-state index in [1.807, 2.05) is 12.1 Å². The van der Waals surface area contributed by atoms with Crippen molar-refractivity contribution in [2.45, 2.75) is 23.1 Å². The molecule has 54 valence electrons. The Kier molecular flexibility index (Phi) is 2.69. The summed E-state index contributed by atoms with van der Waals surface area (Å²) in [5, 5.41) is 0. The summed E-state index contributed by atoms with van der Waals surface area (Å²) in [6, 6.07) is 6.10. The van der Waals surface area contributed by atoms with Crippen molar-refractivity contribution in [2.24, 2.45) is 0 Å². The van der Waals surface area contributed by atoms with Crippen molar-refractivity contribution in [3.63, 3.8) is 0 Å². The van der Waals surface area contributed by atoms with Gasteiger partial charge in [-0.05, 0) is 24.1 Å². The van der Waals surface area contributed by atoms with E-state index in [9.17, 15) is 0 Å². The molecule has 0 unspecified atom stereocenters. The van der Waals surface area contributed by atoms with E-state index >= 15 is 0 Å². The molecule has 0 aromatic heterocycles. The van der Waals surface area contributed by atoms with Gasteiger partial charge in [-0.3, -0.25) is 0 Å². The van der Waals surface area contributed by atoms with Crippen LogP contribution in [0.4, 0.5) is 0 Å². The van der Waals surface area contributed by atoms with Crippen LogP contribution in [0.25, 0.3) is 0 Å². The van der Waals surface area contributed by atoms with Gasteiger partial charge >= 0.3 is 0 Å². The molecule has 0 atom stereocenters. The Hall–Kier alpha value is -0.0800. The Bertz CT molecular complexity index is 231. The minimum atomic E-state index is 0.945. The Morgan fingerprint density at radius 2 is 1.90 bits per heavy atom. The summed E-state index contributed by atoms with van der Waals surface area (Å²) in [5.74, 6) is 0. The second kappa shape index (κ2) is 3.35. The predicted octanol–water partition coefficient (Wildman–Crippen LogP) is 2.83. The van der Waals surface area contributed by atoms with E-state index in [1.54, 1.807) is 0 Å². The molecule has 0 amide bonds. The van der Waals surface area contributed by atoms with Gasteiger partial charge in [-0.2, -0.15) is 0 Å². The van der Waals surface area contributed by atoms with E-state index in [2.05, 4.69) is 38.2 Å². The minimum absolute atomic E-state index is 0.945. The van der Waals surface area contributed by atoms with Crippen LogP contribution in [0.3, 0.4) is 0 Å². The third kappa shape index (κ3) is 1.70. The monoisotopic (exact) mass is 170 g/mol. The fourth-order valence-electron chi connectivity index (χ4n) is 0.789. The third-order valence-electron chi connectivity index (χ3n) is 1.45. The highest BCUT2D eigenvalue weighted by atomic mass is 32.1. The Morgan fingerprint density at radius 3 is 2.40 bits per heavy atom. The van der Waals surface area contributed by atoms with E-state index in [4.69, 9.17) is 0 Å². The normalized spacial score (nSPS) is 9.90. The molecule has 1 aromatic carbocycles. The van der Waals surface area contributed by atoms with Crippen LogP contribution in [0.5, 0.6) is 0 Å². The number of aryl methyl sites for hydroxylation is 1. The SMILES string of the molecule is CCc1ccc(S)c(S)c1. The molecule has 1 aromatic rings. The van der Waals surface area contributed by atoms with Gasteiger partial charge in [-0.25, -0.2) is 0 Å². The summed E-state index contributed by atoms with van der Waals surface area (Å²) < 4.78 is 0. The van der Waals surface area contributed by atoms with E-state index < -0.39 is 0 Å². The van der Waals surface area contributed by atoms with Crippen molar-refractivity contribution in [2.75, 3.05) is 0 Å². The lowest BCUT2D eigenvalue weighted by atomic mass is 10.2. The lowest BCUT2D eigenvalue weighted by molar-refractivity contribution is 1.10. The average Bonchev–Trinajstić information content (AvgIpc) is 1.95. The van der Waals surface area contributed by atoms with Crippen molar-refractivity contribution in [3.8, 4) is 0 Å². The Morgan fingerprint density at radius 1 is 1.20 bits per heavy atom. The summed E-state index contributed by atoms with van der Waals surface area (Å²) in [5.41, 5.74) is 1.31. The fourth-order valence-corrected chi connectivity index (χ4v) is 1.17. The molecule has 0 heterocycles. The summed E-state index contributed by atoms with van der Waals surface area (Å²) in [6.07, 6.45) is 1.06. The number of benzene rings is 1. The Balaban J connectivity index is 3.04. The van der Waals surface area contributed by atoms with Gasteiger partial charge in [0.25, 0.3) is 0 Å². The Labute approximate surface area is 72.5 Å². The van der Waals surface area contributed by atoms with Gasteiger partial charge in [0, 0.05) is 9.79 Å². The molecule has 0 saturated carbocycles. The predicted molar refractivity (Wildman–Crippen MR) is 50.3 cm³/mol. The maximum atomic E-state index is 4.25. The highest BCUT2D eigenvalue weighted by Crippen LogP contribution is 2.19. The zero-order valence-corrected chi connectivity index (χ0v) is 7.62. The van der Waals surface area contributed by atoms with Crippen LogP contribution < -0.4 is 0 Å². The van der Waals surface area contributed by atoms with Gasteiger partial charge in [0.2, 0.25) is 0 Å². The van der Waals surface area contributed by atoms with E-state index in [-0.39, 0.29) is 0 Å². The standard InChI is InChI=1S/C8H10S2/c1-2-6-3-4-7(9)8(10)5-6/h3-5,9-10H,2H2,1H3. The molecule has 0 N–H and O–H groups in total. The molecule has 1 rings (SSSR count). The van der Waals surface area contributed by atoms with Crippen LogP contribution in [0.2, 0.25) is 0 Å². The second-order valence-corrected chi connectivity index (χ2v) is 3.14. The highest BCUT2D eigenvalue weighted by molar-refractivity contribution is 7.83. The molecule has 2 heteroatoms. The van der Waals surface area contributed by atoms with E-state index in [1.165, 1.54) is 5.56 Å². The smallest absolute Gasteiger partial charge is 0.0176 e. The second-order valence-electron chi connectivity index (χ2n) is 2.18. The van der Waals surface area contributed by atoms with Crippen LogP contribution in [-0.2, 0) is 6.42 Å². The molecule has 0 spiro atoms. The van der Waals surface area contributed by atoms with Gasteiger partial charge in [-0.15, -0.1) is 25.3 Å². The lowest BCUT2D eigenvalue weighted by Crippen LogP contribution is -1.79. The quantitative estimate of drug-likeness (QED) is 0.595. The van der Waals surface area contributed by atoms with E-state index in [0.29, 0.717) is 0 Å².